The molecule has 4 heteroatoms. The first-order chi connectivity index (χ1) is 6.56. The van der Waals surface area contributed by atoms with Gasteiger partial charge in [0.1, 0.15) is 5.54 Å². The molecular weight excluding hydrogens is 198 g/mol. The molecule has 1 spiro atoms. The number of carboxylic acid groups (broad SMARTS) is 1. The van der Waals surface area contributed by atoms with Crippen LogP contribution in [0.4, 0.5) is 0 Å². The number of carboxylic acids is 1. The van der Waals surface area contributed by atoms with Gasteiger partial charge in [0.25, 0.3) is 0 Å². The smallest absolute Gasteiger partial charge is 0.323 e. The first-order valence-electron chi connectivity index (χ1n) is 5.23. The average molecular weight is 215 g/mol. The fourth-order valence-electron chi connectivity index (χ4n) is 2.69. The molecule has 2 aliphatic rings. The number of thioether (sulfide) groups is 1. The standard InChI is InChI=1S/C10H17NO2S/c11-10(8(12)13)5-6-14-9(7-10)3-1-2-4-9/h1-7,11H2,(H,12,13). The van der Waals surface area contributed by atoms with Crippen molar-refractivity contribution in [3.63, 3.8) is 0 Å². The van der Waals surface area contributed by atoms with E-state index in [1.165, 1.54) is 12.8 Å². The predicted octanol–water partition coefficient (Wildman–Crippen LogP) is 1.61. The zero-order valence-electron chi connectivity index (χ0n) is 8.29. The van der Waals surface area contributed by atoms with Gasteiger partial charge in [0.05, 0.1) is 0 Å². The first kappa shape index (κ1) is 10.3. The average Bonchev–Trinajstić information content (AvgIpc) is 2.53. The summed E-state index contributed by atoms with van der Waals surface area (Å²) < 4.78 is 0.200. The van der Waals surface area contributed by atoms with E-state index in [1.54, 1.807) is 0 Å². The highest BCUT2D eigenvalue weighted by atomic mass is 32.2. The topological polar surface area (TPSA) is 63.3 Å². The number of aliphatic carboxylic acids is 1. The SMILES string of the molecule is NC1(C(=O)O)CCSC2(CCCC2)C1. The van der Waals surface area contributed by atoms with Crippen LogP contribution >= 0.6 is 11.8 Å². The lowest BCUT2D eigenvalue weighted by molar-refractivity contribution is -0.144. The van der Waals surface area contributed by atoms with Crippen molar-refractivity contribution in [1.29, 1.82) is 0 Å². The Bertz CT molecular complexity index is 251. The second-order valence-electron chi connectivity index (χ2n) is 4.63. The molecule has 1 heterocycles. The Hall–Kier alpha value is -0.220. The Balaban J connectivity index is 2.14. The molecule has 1 saturated carbocycles. The van der Waals surface area contributed by atoms with E-state index in [9.17, 15) is 4.79 Å². The van der Waals surface area contributed by atoms with Crippen molar-refractivity contribution in [3.8, 4) is 0 Å². The van der Waals surface area contributed by atoms with E-state index >= 15 is 0 Å². The van der Waals surface area contributed by atoms with Gasteiger partial charge in [-0.25, -0.2) is 0 Å². The van der Waals surface area contributed by atoms with E-state index in [4.69, 9.17) is 10.8 Å². The molecular formula is C10H17NO2S. The second kappa shape index (κ2) is 3.42. The molecule has 0 aromatic rings. The van der Waals surface area contributed by atoms with Crippen molar-refractivity contribution in [2.45, 2.75) is 48.8 Å². The van der Waals surface area contributed by atoms with Gasteiger partial charge in [-0.1, -0.05) is 12.8 Å². The van der Waals surface area contributed by atoms with Gasteiger partial charge in [-0.2, -0.15) is 11.8 Å². The number of hydrogen-bond acceptors (Lipinski definition) is 3. The highest BCUT2D eigenvalue weighted by molar-refractivity contribution is 8.00. The van der Waals surface area contributed by atoms with E-state index < -0.39 is 11.5 Å². The highest BCUT2D eigenvalue weighted by Crippen LogP contribution is 2.50. The van der Waals surface area contributed by atoms with Crippen LogP contribution in [0.3, 0.4) is 0 Å². The third-order valence-electron chi connectivity index (χ3n) is 3.53. The van der Waals surface area contributed by atoms with Crippen LogP contribution < -0.4 is 5.73 Å². The van der Waals surface area contributed by atoms with Crippen LogP contribution in [-0.2, 0) is 4.79 Å². The Kier molecular flexibility index (Phi) is 2.52. The van der Waals surface area contributed by atoms with Gasteiger partial charge in [-0.05, 0) is 31.4 Å². The minimum Gasteiger partial charge on any atom is -0.480 e. The summed E-state index contributed by atoms with van der Waals surface area (Å²) in [6.45, 7) is 0. The molecule has 3 N–H and O–H groups in total. The van der Waals surface area contributed by atoms with Crippen LogP contribution in [0, 0.1) is 0 Å². The second-order valence-corrected chi connectivity index (χ2v) is 6.19. The summed E-state index contributed by atoms with van der Waals surface area (Å²) in [7, 11) is 0. The van der Waals surface area contributed by atoms with Crippen LogP contribution in [0.1, 0.15) is 38.5 Å². The van der Waals surface area contributed by atoms with Crippen molar-refractivity contribution in [1.82, 2.24) is 0 Å². The molecule has 0 bridgehead atoms. The van der Waals surface area contributed by atoms with Gasteiger partial charge in [0, 0.05) is 4.75 Å². The molecule has 1 saturated heterocycles. The molecule has 0 radical (unpaired) electrons. The summed E-state index contributed by atoms with van der Waals surface area (Å²) in [4.78, 5) is 11.1. The first-order valence-corrected chi connectivity index (χ1v) is 6.21. The molecule has 1 aliphatic heterocycles. The third kappa shape index (κ3) is 1.65. The number of carbonyl (C=O) groups is 1. The molecule has 14 heavy (non-hydrogen) atoms. The maximum absolute atomic E-state index is 11.1. The lowest BCUT2D eigenvalue weighted by Gasteiger charge is -2.41. The van der Waals surface area contributed by atoms with Crippen molar-refractivity contribution >= 4 is 17.7 Å². The quantitative estimate of drug-likeness (QED) is 0.697. The lowest BCUT2D eigenvalue weighted by Crippen LogP contribution is -2.55. The van der Waals surface area contributed by atoms with E-state index in [0.717, 1.165) is 18.6 Å². The normalized spacial score (nSPS) is 36.1. The van der Waals surface area contributed by atoms with Crippen molar-refractivity contribution in [3.05, 3.63) is 0 Å². The largest absolute Gasteiger partial charge is 0.480 e. The summed E-state index contributed by atoms with van der Waals surface area (Å²) in [5.41, 5.74) is 4.99. The molecule has 1 unspecified atom stereocenters. The minimum absolute atomic E-state index is 0.200. The van der Waals surface area contributed by atoms with Gasteiger partial charge < -0.3 is 10.8 Å². The molecule has 2 rings (SSSR count). The van der Waals surface area contributed by atoms with Crippen molar-refractivity contribution in [2.75, 3.05) is 5.75 Å². The van der Waals surface area contributed by atoms with Gasteiger partial charge >= 0.3 is 5.97 Å². The molecule has 80 valence electrons. The summed E-state index contributed by atoms with van der Waals surface area (Å²) in [6.07, 6.45) is 6.08. The molecule has 1 atom stereocenters. The monoisotopic (exact) mass is 215 g/mol. The summed E-state index contributed by atoms with van der Waals surface area (Å²) in [5.74, 6) is 0.0899. The predicted molar refractivity (Wildman–Crippen MR) is 57.4 cm³/mol. The third-order valence-corrected chi connectivity index (χ3v) is 5.11. The number of nitrogens with two attached hydrogens (primary N) is 1. The summed E-state index contributed by atoms with van der Waals surface area (Å²) in [5, 5.41) is 9.11. The minimum atomic E-state index is -0.949. The fourth-order valence-corrected chi connectivity index (χ4v) is 4.52. The van der Waals surface area contributed by atoms with Gasteiger partial charge in [0.2, 0.25) is 0 Å². The Morgan fingerprint density at radius 3 is 2.50 bits per heavy atom. The maximum Gasteiger partial charge on any atom is 0.323 e. The Labute approximate surface area is 88.4 Å². The fraction of sp³-hybridized carbons (Fsp3) is 0.900. The molecule has 1 aliphatic carbocycles. The van der Waals surface area contributed by atoms with Crippen LogP contribution in [0.15, 0.2) is 0 Å². The summed E-state index contributed by atoms with van der Waals surface area (Å²) in [6, 6.07) is 0. The van der Waals surface area contributed by atoms with Gasteiger partial charge in [0.15, 0.2) is 0 Å². The van der Waals surface area contributed by atoms with Crippen molar-refractivity contribution < 1.29 is 9.90 Å². The Morgan fingerprint density at radius 2 is 1.93 bits per heavy atom. The summed E-state index contributed by atoms with van der Waals surface area (Å²) >= 11 is 1.95. The molecule has 0 aromatic heterocycles. The van der Waals surface area contributed by atoms with Crippen LogP contribution in [0.25, 0.3) is 0 Å². The van der Waals surface area contributed by atoms with E-state index in [1.807, 2.05) is 11.8 Å². The maximum atomic E-state index is 11.1. The number of hydrogen-bond donors (Lipinski definition) is 2. The van der Waals surface area contributed by atoms with Crippen LogP contribution in [-0.4, -0.2) is 27.1 Å². The molecule has 2 fully saturated rings. The molecule has 0 aromatic carbocycles. The zero-order valence-corrected chi connectivity index (χ0v) is 9.11. The van der Waals surface area contributed by atoms with Gasteiger partial charge in [-0.15, -0.1) is 0 Å². The lowest BCUT2D eigenvalue weighted by atomic mass is 9.84. The van der Waals surface area contributed by atoms with Crippen LogP contribution in [0.2, 0.25) is 0 Å². The van der Waals surface area contributed by atoms with E-state index in [-0.39, 0.29) is 4.75 Å². The number of rotatable bonds is 1. The zero-order chi connectivity index (χ0) is 10.2. The molecule has 3 nitrogen and oxygen atoms in total. The Morgan fingerprint density at radius 1 is 1.29 bits per heavy atom. The van der Waals surface area contributed by atoms with E-state index in [0.29, 0.717) is 12.8 Å². The highest BCUT2D eigenvalue weighted by Gasteiger charge is 2.48. The molecule has 0 amide bonds. The van der Waals surface area contributed by atoms with Crippen molar-refractivity contribution in [2.24, 2.45) is 5.73 Å². The van der Waals surface area contributed by atoms with E-state index in [2.05, 4.69) is 0 Å². The van der Waals surface area contributed by atoms with Crippen LogP contribution in [0.5, 0.6) is 0 Å². The van der Waals surface area contributed by atoms with Gasteiger partial charge in [-0.3, -0.25) is 4.79 Å².